The Labute approximate surface area is 132 Å². The van der Waals surface area contributed by atoms with Crippen LogP contribution >= 0.6 is 0 Å². The van der Waals surface area contributed by atoms with E-state index in [1.165, 1.54) is 6.08 Å². The van der Waals surface area contributed by atoms with E-state index in [1.54, 1.807) is 39.8 Å². The van der Waals surface area contributed by atoms with E-state index in [2.05, 4.69) is 5.32 Å². The summed E-state index contributed by atoms with van der Waals surface area (Å²) in [4.78, 5) is 24.1. The maximum Gasteiger partial charge on any atom is 0.275 e. The fourth-order valence-corrected chi connectivity index (χ4v) is 2.41. The first-order valence-corrected chi connectivity index (χ1v) is 7.29. The van der Waals surface area contributed by atoms with Gasteiger partial charge in [-0.2, -0.15) is 0 Å². The maximum absolute atomic E-state index is 12.4. The number of rotatable bonds is 5. The number of aryl methyl sites for hydroxylation is 1. The van der Waals surface area contributed by atoms with Gasteiger partial charge in [-0.15, -0.1) is 0 Å². The Morgan fingerprint density at radius 2 is 2.13 bits per heavy atom. The third-order valence-corrected chi connectivity index (χ3v) is 3.60. The molecule has 0 unspecified atom stereocenters. The summed E-state index contributed by atoms with van der Waals surface area (Å²) in [6.45, 7) is 0.789. The van der Waals surface area contributed by atoms with Crippen LogP contribution in [0.25, 0.3) is 17.0 Å². The molecule has 1 N–H and O–H groups in total. The number of nitrogens with one attached hydrogen (secondary N) is 1. The molecule has 0 bridgehead atoms. The summed E-state index contributed by atoms with van der Waals surface area (Å²) in [7, 11) is 1.84. The van der Waals surface area contributed by atoms with Gasteiger partial charge in [-0.25, -0.2) is 0 Å². The predicted molar refractivity (Wildman–Crippen MR) is 87.9 cm³/mol. The number of carbonyl (C=O) groups is 1. The van der Waals surface area contributed by atoms with Crippen LogP contribution < -0.4 is 10.9 Å². The first kappa shape index (κ1) is 14.9. The lowest BCUT2D eigenvalue weighted by Crippen LogP contribution is -2.30. The molecule has 3 aromatic heterocycles. The molecule has 0 aromatic carbocycles. The molecule has 3 heterocycles. The maximum atomic E-state index is 12.4. The van der Waals surface area contributed by atoms with Crippen LogP contribution in [0.2, 0.25) is 0 Å². The van der Waals surface area contributed by atoms with Crippen LogP contribution in [0.1, 0.15) is 5.76 Å². The van der Waals surface area contributed by atoms with Gasteiger partial charge in [-0.3, -0.25) is 9.59 Å². The summed E-state index contributed by atoms with van der Waals surface area (Å²) in [5.74, 6) is 0.389. The largest absolute Gasteiger partial charge is 0.465 e. The molecule has 23 heavy (non-hydrogen) atoms. The average Bonchev–Trinajstić information content (AvgIpc) is 3.18. The zero-order chi connectivity index (χ0) is 16.2. The second kappa shape index (κ2) is 6.39. The van der Waals surface area contributed by atoms with Crippen LogP contribution in [0.3, 0.4) is 0 Å². The molecule has 6 heteroatoms. The summed E-state index contributed by atoms with van der Waals surface area (Å²) in [5.41, 5.74) is 0.604. The Morgan fingerprint density at radius 3 is 2.91 bits per heavy atom. The van der Waals surface area contributed by atoms with Crippen LogP contribution in [0.15, 0.2) is 58.2 Å². The lowest BCUT2D eigenvalue weighted by molar-refractivity contribution is -0.116. The van der Waals surface area contributed by atoms with Crippen molar-refractivity contribution >= 4 is 22.9 Å². The SMILES string of the molecule is Cn1ccc2ccn(CCNC(=O)C=Cc3ccco3)c(=O)c21. The molecular formula is C17H17N3O3. The van der Waals surface area contributed by atoms with Crippen molar-refractivity contribution in [2.24, 2.45) is 7.05 Å². The minimum atomic E-state index is -0.227. The number of carbonyl (C=O) groups excluding carboxylic acids is 1. The van der Waals surface area contributed by atoms with Crippen molar-refractivity contribution in [1.29, 1.82) is 0 Å². The van der Waals surface area contributed by atoms with Gasteiger partial charge < -0.3 is 18.9 Å². The quantitative estimate of drug-likeness (QED) is 0.730. The van der Waals surface area contributed by atoms with Gasteiger partial charge in [-0.05, 0) is 30.3 Å². The molecule has 0 aliphatic rings. The molecule has 3 aromatic rings. The molecule has 6 nitrogen and oxygen atoms in total. The number of pyridine rings is 1. The van der Waals surface area contributed by atoms with Crippen molar-refractivity contribution in [2.75, 3.05) is 6.54 Å². The third kappa shape index (κ3) is 3.26. The smallest absolute Gasteiger partial charge is 0.275 e. The molecule has 0 atom stereocenters. The number of nitrogens with zero attached hydrogens (tertiary/aromatic N) is 2. The number of furan rings is 1. The van der Waals surface area contributed by atoms with E-state index in [9.17, 15) is 9.59 Å². The van der Waals surface area contributed by atoms with Crippen LogP contribution in [0.5, 0.6) is 0 Å². The van der Waals surface area contributed by atoms with Gasteiger partial charge in [0.25, 0.3) is 5.56 Å². The van der Waals surface area contributed by atoms with E-state index in [4.69, 9.17) is 4.42 Å². The van der Waals surface area contributed by atoms with Crippen molar-refractivity contribution in [3.63, 3.8) is 0 Å². The number of hydrogen-bond acceptors (Lipinski definition) is 3. The van der Waals surface area contributed by atoms with Gasteiger partial charge in [-0.1, -0.05) is 0 Å². The van der Waals surface area contributed by atoms with Crippen LogP contribution in [-0.2, 0) is 18.4 Å². The van der Waals surface area contributed by atoms with Crippen LogP contribution in [0, 0.1) is 0 Å². The van der Waals surface area contributed by atoms with Crippen molar-refractivity contribution in [1.82, 2.24) is 14.5 Å². The Morgan fingerprint density at radius 1 is 1.30 bits per heavy atom. The fourth-order valence-electron chi connectivity index (χ4n) is 2.41. The lowest BCUT2D eigenvalue weighted by atomic mass is 10.3. The predicted octanol–water partition coefficient (Wildman–Crippen LogP) is 1.76. The van der Waals surface area contributed by atoms with E-state index < -0.39 is 0 Å². The second-order valence-corrected chi connectivity index (χ2v) is 5.18. The molecule has 1 amide bonds. The molecular weight excluding hydrogens is 294 g/mol. The molecule has 0 saturated carbocycles. The summed E-state index contributed by atoms with van der Waals surface area (Å²) in [6.07, 6.45) is 8.15. The zero-order valence-electron chi connectivity index (χ0n) is 12.7. The van der Waals surface area contributed by atoms with E-state index in [1.807, 2.05) is 25.4 Å². The molecule has 0 spiro atoms. The number of amides is 1. The molecule has 0 aliphatic carbocycles. The number of fused-ring (bicyclic) bond motifs is 1. The van der Waals surface area contributed by atoms with Gasteiger partial charge in [0.05, 0.1) is 6.26 Å². The Bertz CT molecular complexity index is 901. The van der Waals surface area contributed by atoms with E-state index in [0.29, 0.717) is 24.4 Å². The first-order chi connectivity index (χ1) is 11.1. The van der Waals surface area contributed by atoms with Crippen LogP contribution in [0.4, 0.5) is 0 Å². The van der Waals surface area contributed by atoms with Crippen molar-refractivity contribution in [3.05, 3.63) is 65.1 Å². The summed E-state index contributed by atoms with van der Waals surface area (Å²) >= 11 is 0. The molecule has 118 valence electrons. The Hall–Kier alpha value is -3.02. The second-order valence-electron chi connectivity index (χ2n) is 5.18. The number of hydrogen-bond donors (Lipinski definition) is 1. The molecule has 3 rings (SSSR count). The first-order valence-electron chi connectivity index (χ1n) is 7.29. The summed E-state index contributed by atoms with van der Waals surface area (Å²) in [5, 5.41) is 3.66. The molecule has 0 saturated heterocycles. The van der Waals surface area contributed by atoms with Gasteiger partial charge in [0, 0.05) is 44.0 Å². The normalized spacial score (nSPS) is 11.3. The minimum absolute atomic E-state index is 0.0598. The van der Waals surface area contributed by atoms with Gasteiger partial charge in [0.15, 0.2) is 0 Å². The van der Waals surface area contributed by atoms with Gasteiger partial charge >= 0.3 is 0 Å². The zero-order valence-corrected chi connectivity index (χ0v) is 12.7. The van der Waals surface area contributed by atoms with Crippen LogP contribution in [-0.4, -0.2) is 21.6 Å². The van der Waals surface area contributed by atoms with Gasteiger partial charge in [0.2, 0.25) is 5.91 Å². The summed E-state index contributed by atoms with van der Waals surface area (Å²) < 4.78 is 8.50. The fraction of sp³-hybridized carbons (Fsp3) is 0.176. The van der Waals surface area contributed by atoms with E-state index >= 15 is 0 Å². The highest BCUT2D eigenvalue weighted by atomic mass is 16.3. The third-order valence-electron chi connectivity index (χ3n) is 3.60. The van der Waals surface area contributed by atoms with Crippen molar-refractivity contribution < 1.29 is 9.21 Å². The lowest BCUT2D eigenvalue weighted by Gasteiger charge is -2.07. The van der Waals surface area contributed by atoms with Crippen molar-refractivity contribution in [3.8, 4) is 0 Å². The highest BCUT2D eigenvalue weighted by Gasteiger charge is 2.06. The Balaban J connectivity index is 1.60. The highest BCUT2D eigenvalue weighted by molar-refractivity contribution is 5.91. The topological polar surface area (TPSA) is 69.2 Å². The van der Waals surface area contributed by atoms with E-state index in [0.717, 1.165) is 5.39 Å². The minimum Gasteiger partial charge on any atom is -0.465 e. The van der Waals surface area contributed by atoms with Crippen molar-refractivity contribution in [2.45, 2.75) is 6.54 Å². The molecule has 0 fully saturated rings. The highest BCUT2D eigenvalue weighted by Crippen LogP contribution is 2.09. The molecule has 0 aliphatic heterocycles. The van der Waals surface area contributed by atoms with E-state index in [-0.39, 0.29) is 11.5 Å². The number of aromatic nitrogens is 2. The molecule has 0 radical (unpaired) electrons. The monoisotopic (exact) mass is 311 g/mol. The van der Waals surface area contributed by atoms with Gasteiger partial charge in [0.1, 0.15) is 11.3 Å². The Kier molecular flexibility index (Phi) is 4.14. The standard InChI is InChI=1S/C17H17N3O3/c1-19-9-6-13-7-10-20(17(22)16(13)19)11-8-18-15(21)5-4-14-3-2-12-23-14/h2-7,9-10,12H,8,11H2,1H3,(H,18,21). The average molecular weight is 311 g/mol. The summed E-state index contributed by atoms with van der Waals surface area (Å²) in [6, 6.07) is 7.32.